The fraction of sp³-hybridized carbons (Fsp3) is 0.256. The zero-order chi connectivity index (χ0) is 39.9. The second-order valence-corrected chi connectivity index (χ2v) is 13.6. The number of aromatic nitrogens is 7. The molecule has 0 radical (unpaired) electrons. The summed E-state index contributed by atoms with van der Waals surface area (Å²) in [6.07, 6.45) is 3.01. The molecule has 1 aliphatic rings. The number of carbonyl (C=O) groups excluding carboxylic acids is 2. The van der Waals surface area contributed by atoms with Crippen LogP contribution in [-0.2, 0) is 24.3 Å². The molecule has 57 heavy (non-hydrogen) atoms. The first-order valence-electron chi connectivity index (χ1n) is 18.1. The first-order chi connectivity index (χ1) is 27.6. The van der Waals surface area contributed by atoms with Gasteiger partial charge in [0.1, 0.15) is 17.7 Å². The van der Waals surface area contributed by atoms with Gasteiger partial charge in [0, 0.05) is 77.4 Å². The molecule has 1 fully saturated rings. The standard InChI is InChI=1S/C39H39FN14O3/c1-52(2)35(56)31(19-24-6-8-25(21-41)9-7-24)48-39-50-37(44-22-32-46-29-11-10-27(40)20-30(29)47-32)49-38(51-39)45-28-5-3-4-26(18-28)23-53-14-16-54(17-15-53)36(57)33-34(55)43-13-12-42-33/h3-13,18,20,31H,14-17,19,22-23H2,1-2H3,(H,43,55)(H,46,47)(H3,44,45,48,49,50,51)/t31-/m0/s1. The maximum absolute atomic E-state index is 13.8. The van der Waals surface area contributed by atoms with Crippen molar-refractivity contribution in [3.05, 3.63) is 113 Å². The minimum Gasteiger partial charge on any atom is -0.492 e. The lowest BCUT2D eigenvalue weighted by Crippen LogP contribution is -2.48. The summed E-state index contributed by atoms with van der Waals surface area (Å²) in [4.78, 5) is 60.9. The number of nitrogens with one attached hydrogen (secondary N) is 4. The number of fused-ring (bicyclic) bond motifs is 1. The molecule has 3 aromatic carbocycles. The molecule has 6 aromatic rings. The van der Waals surface area contributed by atoms with Gasteiger partial charge in [-0.05, 0) is 47.5 Å². The normalized spacial score (nSPS) is 13.5. The Hall–Kier alpha value is -7.26. The zero-order valence-corrected chi connectivity index (χ0v) is 31.1. The number of aromatic hydroxyl groups is 1. The molecule has 0 spiro atoms. The van der Waals surface area contributed by atoms with E-state index >= 15 is 0 Å². The number of imidazole rings is 1. The van der Waals surface area contributed by atoms with Crippen LogP contribution in [0, 0.1) is 17.1 Å². The van der Waals surface area contributed by atoms with Gasteiger partial charge in [-0.15, -0.1) is 0 Å². The van der Waals surface area contributed by atoms with Gasteiger partial charge in [-0.25, -0.2) is 19.3 Å². The molecule has 2 amide bonds. The van der Waals surface area contributed by atoms with E-state index in [0.29, 0.717) is 67.3 Å². The van der Waals surface area contributed by atoms with Crippen molar-refractivity contribution in [2.24, 2.45) is 0 Å². The maximum atomic E-state index is 13.8. The molecule has 4 heterocycles. The monoisotopic (exact) mass is 770 g/mol. The van der Waals surface area contributed by atoms with E-state index in [1.54, 1.807) is 49.3 Å². The second-order valence-electron chi connectivity index (χ2n) is 13.6. The van der Waals surface area contributed by atoms with E-state index < -0.39 is 6.04 Å². The minimum atomic E-state index is -0.758. The van der Waals surface area contributed by atoms with Crippen molar-refractivity contribution in [3.63, 3.8) is 0 Å². The molecule has 3 aromatic heterocycles. The highest BCUT2D eigenvalue weighted by atomic mass is 19.1. The second kappa shape index (κ2) is 17.0. The van der Waals surface area contributed by atoms with Crippen LogP contribution in [0.2, 0.25) is 0 Å². The van der Waals surface area contributed by atoms with Crippen LogP contribution >= 0.6 is 0 Å². The highest BCUT2D eigenvalue weighted by Crippen LogP contribution is 2.22. The molecular formula is C39H39FN14O3. The van der Waals surface area contributed by atoms with Gasteiger partial charge in [-0.2, -0.15) is 20.2 Å². The third kappa shape index (κ3) is 9.52. The Morgan fingerprint density at radius 2 is 1.68 bits per heavy atom. The smallest absolute Gasteiger partial charge is 0.278 e. The number of benzene rings is 3. The SMILES string of the molecule is CN(C)C(=O)[C@H](Cc1ccc(C#N)cc1)Nc1nc(NCc2nc3cc(F)ccc3[nH]2)nc(Nc2cccc(CN3CCN(C(=O)c4nccnc4O)CC3)c2)n1. The molecule has 0 aliphatic carbocycles. The van der Waals surface area contributed by atoms with Gasteiger partial charge in [-0.3, -0.25) is 14.5 Å². The molecule has 290 valence electrons. The maximum Gasteiger partial charge on any atom is 0.278 e. The molecule has 1 aliphatic heterocycles. The summed E-state index contributed by atoms with van der Waals surface area (Å²) in [5.41, 5.74) is 4.18. The number of carbonyl (C=O) groups is 2. The summed E-state index contributed by atoms with van der Waals surface area (Å²) in [5.74, 6) is -0.274. The molecule has 1 atom stereocenters. The molecule has 17 nitrogen and oxygen atoms in total. The summed E-state index contributed by atoms with van der Waals surface area (Å²) in [6, 6.07) is 20.5. The van der Waals surface area contributed by atoms with Gasteiger partial charge in [0.2, 0.25) is 29.6 Å². The van der Waals surface area contributed by atoms with E-state index in [1.165, 1.54) is 29.4 Å². The molecular weight excluding hydrogens is 732 g/mol. The highest BCUT2D eigenvalue weighted by molar-refractivity contribution is 5.94. The predicted octanol–water partition coefficient (Wildman–Crippen LogP) is 3.68. The van der Waals surface area contributed by atoms with Crippen molar-refractivity contribution in [3.8, 4) is 11.9 Å². The van der Waals surface area contributed by atoms with E-state index in [9.17, 15) is 24.3 Å². The van der Waals surface area contributed by atoms with Gasteiger partial charge in [-0.1, -0.05) is 24.3 Å². The Bertz CT molecular complexity index is 2430. The third-order valence-corrected chi connectivity index (χ3v) is 9.24. The molecule has 1 saturated heterocycles. The number of hydrogen-bond donors (Lipinski definition) is 5. The van der Waals surface area contributed by atoms with Crippen molar-refractivity contribution in [2.45, 2.75) is 25.6 Å². The Balaban J connectivity index is 1.08. The lowest BCUT2D eigenvalue weighted by atomic mass is 10.0. The van der Waals surface area contributed by atoms with E-state index in [2.05, 4.69) is 61.8 Å². The fourth-order valence-electron chi connectivity index (χ4n) is 6.35. The van der Waals surface area contributed by atoms with E-state index in [4.69, 9.17) is 0 Å². The predicted molar refractivity (Wildman–Crippen MR) is 209 cm³/mol. The molecule has 0 bridgehead atoms. The van der Waals surface area contributed by atoms with Gasteiger partial charge in [0.05, 0.1) is 29.2 Å². The number of rotatable bonds is 13. The number of aromatic amines is 1. The van der Waals surface area contributed by atoms with Crippen molar-refractivity contribution in [1.82, 2.24) is 49.6 Å². The summed E-state index contributed by atoms with van der Waals surface area (Å²) >= 11 is 0. The summed E-state index contributed by atoms with van der Waals surface area (Å²) in [7, 11) is 3.33. The zero-order valence-electron chi connectivity index (χ0n) is 31.1. The molecule has 7 rings (SSSR count). The Morgan fingerprint density at radius 1 is 0.930 bits per heavy atom. The largest absolute Gasteiger partial charge is 0.492 e. The fourth-order valence-corrected chi connectivity index (χ4v) is 6.35. The number of H-pyrrole nitrogens is 1. The summed E-state index contributed by atoms with van der Waals surface area (Å²) in [6.45, 7) is 2.98. The Labute approximate surface area is 326 Å². The van der Waals surface area contributed by atoms with Crippen LogP contribution in [0.15, 0.2) is 79.1 Å². The highest BCUT2D eigenvalue weighted by Gasteiger charge is 2.26. The van der Waals surface area contributed by atoms with Crippen LogP contribution in [0.1, 0.15) is 33.0 Å². The van der Waals surface area contributed by atoms with Crippen molar-refractivity contribution in [2.75, 3.05) is 56.2 Å². The van der Waals surface area contributed by atoms with Crippen LogP contribution in [0.4, 0.5) is 27.9 Å². The van der Waals surface area contributed by atoms with Gasteiger partial charge in [0.15, 0.2) is 5.69 Å². The summed E-state index contributed by atoms with van der Waals surface area (Å²) < 4.78 is 13.8. The first-order valence-corrected chi connectivity index (χ1v) is 18.1. The third-order valence-electron chi connectivity index (χ3n) is 9.24. The van der Waals surface area contributed by atoms with Crippen LogP contribution in [0.5, 0.6) is 5.88 Å². The number of nitrogens with zero attached hydrogens (tertiary/aromatic N) is 10. The van der Waals surface area contributed by atoms with Crippen LogP contribution < -0.4 is 16.0 Å². The number of nitriles is 1. The van der Waals surface area contributed by atoms with Crippen molar-refractivity contribution in [1.29, 1.82) is 5.26 Å². The van der Waals surface area contributed by atoms with Crippen LogP contribution in [-0.4, -0.2) is 113 Å². The number of likely N-dealkylation sites (N-methyl/N-ethyl adjacent to an activating group) is 1. The first kappa shape index (κ1) is 38.0. The van der Waals surface area contributed by atoms with Gasteiger partial charge in [0.25, 0.3) is 5.91 Å². The van der Waals surface area contributed by atoms with Gasteiger partial charge >= 0.3 is 0 Å². The molecule has 18 heteroatoms. The van der Waals surface area contributed by atoms with Crippen molar-refractivity contribution < 1.29 is 19.1 Å². The average molecular weight is 771 g/mol. The molecule has 5 N–H and O–H groups in total. The van der Waals surface area contributed by atoms with E-state index in [1.807, 2.05) is 24.3 Å². The van der Waals surface area contributed by atoms with Crippen LogP contribution in [0.3, 0.4) is 0 Å². The van der Waals surface area contributed by atoms with E-state index in [-0.39, 0.29) is 53.6 Å². The van der Waals surface area contributed by atoms with Crippen LogP contribution in [0.25, 0.3) is 11.0 Å². The topological polar surface area (TPSA) is 217 Å². The number of hydrogen-bond acceptors (Lipinski definition) is 14. The summed E-state index contributed by atoms with van der Waals surface area (Å²) in [5, 5.41) is 28.9. The molecule has 0 saturated carbocycles. The number of piperazine rings is 1. The number of halogens is 1. The Morgan fingerprint density at radius 3 is 2.44 bits per heavy atom. The average Bonchev–Trinajstić information content (AvgIpc) is 3.62. The number of amides is 2. The number of anilines is 4. The van der Waals surface area contributed by atoms with Crippen molar-refractivity contribution >= 4 is 46.4 Å². The lowest BCUT2D eigenvalue weighted by molar-refractivity contribution is -0.129. The molecule has 0 unspecified atom stereocenters. The van der Waals surface area contributed by atoms with E-state index in [0.717, 1.165) is 11.1 Å². The minimum absolute atomic E-state index is 0.0582. The lowest BCUT2D eigenvalue weighted by Gasteiger charge is -2.34. The Kier molecular flexibility index (Phi) is 11.4. The van der Waals surface area contributed by atoms with Gasteiger partial charge < -0.3 is 35.8 Å². The quantitative estimate of drug-likeness (QED) is 0.113.